The normalized spacial score (nSPS) is 11.8. The van der Waals surface area contributed by atoms with Gasteiger partial charge in [-0.3, -0.25) is 14.6 Å². The number of aliphatic carboxylic acids is 1. The lowest BCUT2D eigenvalue weighted by atomic mass is 10.1. The molecule has 0 aliphatic rings. The molecule has 1 rings (SSSR count). The molecule has 5 nitrogen and oxygen atoms in total. The van der Waals surface area contributed by atoms with E-state index in [1.165, 1.54) is 6.20 Å². The topological polar surface area (TPSA) is 79.3 Å². The van der Waals surface area contributed by atoms with Gasteiger partial charge in [0, 0.05) is 18.9 Å². The smallest absolute Gasteiger partial charge is 0.306 e. The van der Waals surface area contributed by atoms with Crippen LogP contribution in [0, 0.1) is 5.92 Å². The van der Waals surface area contributed by atoms with Gasteiger partial charge in [-0.1, -0.05) is 6.92 Å². The van der Waals surface area contributed by atoms with Gasteiger partial charge in [0.05, 0.1) is 11.5 Å². The molecule has 1 unspecified atom stereocenters. The Morgan fingerprint density at radius 3 is 2.88 bits per heavy atom. The molecule has 0 radical (unpaired) electrons. The molecule has 1 atom stereocenters. The van der Waals surface area contributed by atoms with E-state index in [2.05, 4.69) is 10.3 Å². The number of nitrogens with one attached hydrogen (secondary N) is 1. The maximum atomic E-state index is 11.6. The molecule has 1 aromatic heterocycles. The van der Waals surface area contributed by atoms with E-state index in [1.807, 2.05) is 0 Å². The van der Waals surface area contributed by atoms with Crippen molar-refractivity contribution in [1.82, 2.24) is 10.3 Å². The highest BCUT2D eigenvalue weighted by Crippen LogP contribution is 2.04. The molecule has 0 saturated heterocycles. The molecular formula is C12H16N2O3. The van der Waals surface area contributed by atoms with Gasteiger partial charge in [0.2, 0.25) is 0 Å². The Bertz CT molecular complexity index is 379. The van der Waals surface area contributed by atoms with E-state index < -0.39 is 5.97 Å². The minimum Gasteiger partial charge on any atom is -0.481 e. The average Bonchev–Trinajstić information content (AvgIpc) is 2.35. The third kappa shape index (κ3) is 4.63. The Hall–Kier alpha value is -1.91. The molecule has 0 aliphatic heterocycles. The molecule has 1 amide bonds. The van der Waals surface area contributed by atoms with Crippen LogP contribution in [0.5, 0.6) is 0 Å². The molecule has 0 fully saturated rings. The first-order chi connectivity index (χ1) is 8.11. The molecular weight excluding hydrogens is 220 g/mol. The molecule has 0 spiro atoms. The molecule has 0 aliphatic carbocycles. The molecule has 1 heterocycles. The van der Waals surface area contributed by atoms with Crippen molar-refractivity contribution in [3.63, 3.8) is 0 Å². The number of pyridine rings is 1. The summed E-state index contributed by atoms with van der Waals surface area (Å²) >= 11 is 0. The number of hydrogen-bond acceptors (Lipinski definition) is 3. The summed E-state index contributed by atoms with van der Waals surface area (Å²) < 4.78 is 0. The summed E-state index contributed by atoms with van der Waals surface area (Å²) in [5, 5.41) is 11.4. The SMILES string of the molecule is CC(CCCNC(=O)c1cccnc1)C(=O)O. The lowest BCUT2D eigenvalue weighted by molar-refractivity contribution is -0.141. The molecule has 2 N–H and O–H groups in total. The molecule has 0 bridgehead atoms. The van der Waals surface area contributed by atoms with Gasteiger partial charge in [0.25, 0.3) is 5.91 Å². The highest BCUT2D eigenvalue weighted by molar-refractivity contribution is 5.93. The second kappa shape index (κ2) is 6.62. The molecule has 1 aromatic rings. The maximum Gasteiger partial charge on any atom is 0.306 e. The maximum absolute atomic E-state index is 11.6. The van der Waals surface area contributed by atoms with Crippen LogP contribution in [0.25, 0.3) is 0 Å². The summed E-state index contributed by atoms with van der Waals surface area (Å²) in [5.74, 6) is -1.35. The van der Waals surface area contributed by atoms with Crippen molar-refractivity contribution in [3.05, 3.63) is 30.1 Å². The van der Waals surface area contributed by atoms with Crippen LogP contribution < -0.4 is 5.32 Å². The quantitative estimate of drug-likeness (QED) is 0.730. The minimum atomic E-state index is -0.802. The first-order valence-electron chi connectivity index (χ1n) is 5.52. The average molecular weight is 236 g/mol. The molecule has 5 heteroatoms. The predicted octanol–water partition coefficient (Wildman–Crippen LogP) is 1.31. The Kier molecular flexibility index (Phi) is 5.13. The van der Waals surface area contributed by atoms with E-state index in [0.29, 0.717) is 24.9 Å². The highest BCUT2D eigenvalue weighted by atomic mass is 16.4. The fraction of sp³-hybridized carbons (Fsp3) is 0.417. The van der Waals surface area contributed by atoms with Crippen molar-refractivity contribution in [3.8, 4) is 0 Å². The zero-order chi connectivity index (χ0) is 12.7. The second-order valence-electron chi connectivity index (χ2n) is 3.88. The van der Waals surface area contributed by atoms with Crippen molar-refractivity contribution in [2.75, 3.05) is 6.54 Å². The van der Waals surface area contributed by atoms with Gasteiger partial charge >= 0.3 is 5.97 Å². The predicted molar refractivity (Wildman–Crippen MR) is 62.6 cm³/mol. The number of hydrogen-bond donors (Lipinski definition) is 2. The van der Waals surface area contributed by atoms with Crippen molar-refractivity contribution in [1.29, 1.82) is 0 Å². The fourth-order valence-electron chi connectivity index (χ4n) is 1.33. The van der Waals surface area contributed by atoms with Crippen molar-refractivity contribution < 1.29 is 14.7 Å². The summed E-state index contributed by atoms with van der Waals surface area (Å²) in [5.41, 5.74) is 0.513. The summed E-state index contributed by atoms with van der Waals surface area (Å²) in [7, 11) is 0. The summed E-state index contributed by atoms with van der Waals surface area (Å²) in [6, 6.07) is 3.38. The lowest BCUT2D eigenvalue weighted by Gasteiger charge is -2.07. The number of carboxylic acids is 1. The highest BCUT2D eigenvalue weighted by Gasteiger charge is 2.10. The van der Waals surface area contributed by atoms with Gasteiger partial charge in [0.15, 0.2) is 0 Å². The van der Waals surface area contributed by atoms with Crippen LogP contribution in [0.2, 0.25) is 0 Å². The van der Waals surface area contributed by atoms with E-state index in [9.17, 15) is 9.59 Å². The van der Waals surface area contributed by atoms with Crippen LogP contribution in [-0.4, -0.2) is 28.5 Å². The fourth-order valence-corrected chi connectivity index (χ4v) is 1.33. The van der Waals surface area contributed by atoms with E-state index in [1.54, 1.807) is 25.3 Å². The Morgan fingerprint density at radius 1 is 1.53 bits per heavy atom. The standard InChI is InChI=1S/C12H16N2O3/c1-9(12(16)17)4-2-7-14-11(15)10-5-3-6-13-8-10/h3,5-6,8-9H,2,4,7H2,1H3,(H,14,15)(H,16,17). The first-order valence-corrected chi connectivity index (χ1v) is 5.52. The van der Waals surface area contributed by atoms with E-state index in [4.69, 9.17) is 5.11 Å². The number of carbonyl (C=O) groups excluding carboxylic acids is 1. The van der Waals surface area contributed by atoms with E-state index in [0.717, 1.165) is 0 Å². The largest absolute Gasteiger partial charge is 0.481 e. The Labute approximate surface area is 99.9 Å². The lowest BCUT2D eigenvalue weighted by Crippen LogP contribution is -2.25. The van der Waals surface area contributed by atoms with E-state index in [-0.39, 0.29) is 11.8 Å². The number of nitrogens with zero attached hydrogens (tertiary/aromatic N) is 1. The van der Waals surface area contributed by atoms with Crippen LogP contribution >= 0.6 is 0 Å². The van der Waals surface area contributed by atoms with Crippen LogP contribution in [0.3, 0.4) is 0 Å². The molecule has 0 aromatic carbocycles. The van der Waals surface area contributed by atoms with Gasteiger partial charge in [-0.2, -0.15) is 0 Å². The third-order valence-electron chi connectivity index (χ3n) is 2.44. The van der Waals surface area contributed by atoms with Crippen molar-refractivity contribution >= 4 is 11.9 Å². The van der Waals surface area contributed by atoms with Crippen LogP contribution in [0.15, 0.2) is 24.5 Å². The van der Waals surface area contributed by atoms with Gasteiger partial charge < -0.3 is 10.4 Å². The monoisotopic (exact) mass is 236 g/mol. The zero-order valence-electron chi connectivity index (χ0n) is 9.72. The summed E-state index contributed by atoms with van der Waals surface area (Å²) in [6.45, 7) is 2.14. The molecule has 0 saturated carbocycles. The number of carbonyl (C=O) groups is 2. The summed E-state index contributed by atoms with van der Waals surface area (Å²) in [6.07, 6.45) is 4.31. The second-order valence-corrected chi connectivity index (χ2v) is 3.88. The van der Waals surface area contributed by atoms with Crippen molar-refractivity contribution in [2.45, 2.75) is 19.8 Å². The third-order valence-corrected chi connectivity index (χ3v) is 2.44. The number of aromatic nitrogens is 1. The van der Waals surface area contributed by atoms with Gasteiger partial charge in [-0.25, -0.2) is 0 Å². The number of rotatable bonds is 6. The van der Waals surface area contributed by atoms with Gasteiger partial charge in [0.1, 0.15) is 0 Å². The van der Waals surface area contributed by atoms with Gasteiger partial charge in [-0.15, -0.1) is 0 Å². The number of amides is 1. The summed E-state index contributed by atoms with van der Waals surface area (Å²) in [4.78, 5) is 26.0. The molecule has 17 heavy (non-hydrogen) atoms. The first kappa shape index (κ1) is 13.2. The Morgan fingerprint density at radius 2 is 2.29 bits per heavy atom. The Balaban J connectivity index is 2.24. The van der Waals surface area contributed by atoms with E-state index >= 15 is 0 Å². The van der Waals surface area contributed by atoms with Crippen molar-refractivity contribution in [2.24, 2.45) is 5.92 Å². The van der Waals surface area contributed by atoms with Gasteiger partial charge in [-0.05, 0) is 25.0 Å². The van der Waals surface area contributed by atoms with Crippen LogP contribution in [0.4, 0.5) is 0 Å². The minimum absolute atomic E-state index is 0.180. The number of carboxylic acid groups (broad SMARTS) is 1. The van der Waals surface area contributed by atoms with Crippen LogP contribution in [0.1, 0.15) is 30.1 Å². The molecule has 92 valence electrons. The van der Waals surface area contributed by atoms with Crippen LogP contribution in [-0.2, 0) is 4.79 Å². The zero-order valence-corrected chi connectivity index (χ0v) is 9.72.